The lowest BCUT2D eigenvalue weighted by Crippen LogP contribution is -2.25. The van der Waals surface area contributed by atoms with Gasteiger partial charge in [-0.2, -0.15) is 0 Å². The molecular formula is C24H25N3O. The monoisotopic (exact) mass is 371 g/mol. The fourth-order valence-corrected chi connectivity index (χ4v) is 3.10. The van der Waals surface area contributed by atoms with E-state index in [4.69, 9.17) is 4.98 Å². The molecule has 1 aromatic heterocycles. The van der Waals surface area contributed by atoms with Crippen molar-refractivity contribution in [1.29, 1.82) is 0 Å². The molecule has 3 rings (SSSR count). The molecule has 1 heterocycles. The average molecular weight is 371 g/mol. The molecule has 0 bridgehead atoms. The van der Waals surface area contributed by atoms with Gasteiger partial charge in [-0.05, 0) is 12.5 Å². The van der Waals surface area contributed by atoms with Crippen LogP contribution >= 0.6 is 0 Å². The van der Waals surface area contributed by atoms with E-state index in [1.807, 2.05) is 54.6 Å². The van der Waals surface area contributed by atoms with Gasteiger partial charge in [0.15, 0.2) is 0 Å². The largest absolute Gasteiger partial charge is 0.347 e. The summed E-state index contributed by atoms with van der Waals surface area (Å²) in [6, 6.07) is 20.3. The van der Waals surface area contributed by atoms with Crippen molar-refractivity contribution in [2.75, 3.05) is 0 Å². The van der Waals surface area contributed by atoms with Crippen LogP contribution in [0.15, 0.2) is 85.5 Å². The van der Waals surface area contributed by atoms with Gasteiger partial charge < -0.3 is 9.88 Å². The minimum absolute atomic E-state index is 0.156. The van der Waals surface area contributed by atoms with Crippen LogP contribution in [0.1, 0.15) is 24.0 Å². The lowest BCUT2D eigenvalue weighted by Gasteiger charge is -2.14. The lowest BCUT2D eigenvalue weighted by atomic mass is 10.1. The van der Waals surface area contributed by atoms with Gasteiger partial charge in [0.05, 0.1) is 17.9 Å². The van der Waals surface area contributed by atoms with Gasteiger partial charge in [-0.15, -0.1) is 6.58 Å². The van der Waals surface area contributed by atoms with Crippen molar-refractivity contribution in [3.8, 4) is 11.3 Å². The van der Waals surface area contributed by atoms with Gasteiger partial charge in [0.1, 0.15) is 5.82 Å². The zero-order valence-electron chi connectivity index (χ0n) is 16.2. The van der Waals surface area contributed by atoms with E-state index in [9.17, 15) is 4.79 Å². The van der Waals surface area contributed by atoms with Gasteiger partial charge in [-0.3, -0.25) is 4.79 Å². The summed E-state index contributed by atoms with van der Waals surface area (Å²) < 4.78 is 2.18. The molecule has 4 nitrogen and oxygen atoms in total. The number of carbonyl (C=O) groups is 1. The van der Waals surface area contributed by atoms with Crippen LogP contribution in [0.2, 0.25) is 0 Å². The van der Waals surface area contributed by atoms with Crippen molar-refractivity contribution in [2.24, 2.45) is 0 Å². The minimum atomic E-state index is -0.156. The predicted molar refractivity (Wildman–Crippen MR) is 114 cm³/mol. The van der Waals surface area contributed by atoms with Crippen LogP contribution < -0.4 is 5.32 Å². The van der Waals surface area contributed by atoms with Gasteiger partial charge in [0, 0.05) is 24.1 Å². The summed E-state index contributed by atoms with van der Waals surface area (Å²) >= 11 is 0. The number of imidazole rings is 1. The van der Waals surface area contributed by atoms with Gasteiger partial charge in [-0.1, -0.05) is 73.3 Å². The number of carbonyl (C=O) groups excluding carboxylic acids is 1. The van der Waals surface area contributed by atoms with Crippen molar-refractivity contribution >= 4 is 5.91 Å². The Morgan fingerprint density at radius 1 is 1.11 bits per heavy atom. The fourth-order valence-electron chi connectivity index (χ4n) is 3.10. The Bertz CT molecular complexity index is 972. The number of hydrogen-bond donors (Lipinski definition) is 1. The Hall–Kier alpha value is -3.40. The van der Waals surface area contributed by atoms with E-state index in [1.165, 1.54) is 5.56 Å². The van der Waals surface area contributed by atoms with Crippen molar-refractivity contribution < 1.29 is 4.79 Å². The minimum Gasteiger partial charge on any atom is -0.347 e. The Kier molecular flexibility index (Phi) is 6.22. The first-order chi connectivity index (χ1) is 13.6. The van der Waals surface area contributed by atoms with Crippen LogP contribution in [0.4, 0.5) is 0 Å². The molecule has 1 N–H and O–H groups in total. The first kappa shape index (κ1) is 19.4. The van der Waals surface area contributed by atoms with E-state index in [0.29, 0.717) is 25.1 Å². The molecule has 0 fully saturated rings. The van der Waals surface area contributed by atoms with Crippen LogP contribution in [-0.2, 0) is 24.3 Å². The molecule has 1 amide bonds. The first-order valence-corrected chi connectivity index (χ1v) is 9.32. The highest BCUT2D eigenvalue weighted by molar-refractivity contribution is 5.92. The summed E-state index contributed by atoms with van der Waals surface area (Å²) in [7, 11) is 0. The van der Waals surface area contributed by atoms with Gasteiger partial charge in [0.25, 0.3) is 0 Å². The van der Waals surface area contributed by atoms with Crippen LogP contribution in [0.25, 0.3) is 11.3 Å². The van der Waals surface area contributed by atoms with Crippen LogP contribution in [0, 0.1) is 0 Å². The third-order valence-corrected chi connectivity index (χ3v) is 4.51. The third kappa shape index (κ3) is 4.46. The van der Waals surface area contributed by atoms with Crippen LogP contribution in [0.3, 0.4) is 0 Å². The van der Waals surface area contributed by atoms with Crippen LogP contribution in [0.5, 0.6) is 0 Å². The van der Waals surface area contributed by atoms with E-state index >= 15 is 0 Å². The number of aromatic nitrogens is 2. The maximum atomic E-state index is 12.1. The van der Waals surface area contributed by atoms with Gasteiger partial charge in [0.2, 0.25) is 5.91 Å². The predicted octanol–water partition coefficient (Wildman–Crippen LogP) is 4.52. The molecule has 2 aromatic carbocycles. The second kappa shape index (κ2) is 9.00. The SMILES string of the molecule is C=CCc1nc(-c2ccccc2)c(CNC(=O)C(=C)C)n1Cc1ccccc1. The number of benzene rings is 2. The summed E-state index contributed by atoms with van der Waals surface area (Å²) in [5.41, 5.74) is 4.55. The van der Waals surface area contributed by atoms with Crippen LogP contribution in [-0.4, -0.2) is 15.5 Å². The van der Waals surface area contributed by atoms with E-state index < -0.39 is 0 Å². The summed E-state index contributed by atoms with van der Waals surface area (Å²) in [6.07, 6.45) is 2.51. The number of nitrogens with zero attached hydrogens (tertiary/aromatic N) is 2. The molecule has 0 aliphatic carbocycles. The normalized spacial score (nSPS) is 10.5. The van der Waals surface area contributed by atoms with E-state index in [-0.39, 0.29) is 5.91 Å². The maximum Gasteiger partial charge on any atom is 0.246 e. The smallest absolute Gasteiger partial charge is 0.246 e. The number of hydrogen-bond acceptors (Lipinski definition) is 2. The summed E-state index contributed by atoms with van der Waals surface area (Å²) in [5.74, 6) is 0.772. The van der Waals surface area contributed by atoms with Gasteiger partial charge in [-0.25, -0.2) is 4.98 Å². The van der Waals surface area contributed by atoms with E-state index in [1.54, 1.807) is 6.92 Å². The number of amides is 1. The molecule has 0 radical (unpaired) electrons. The fraction of sp³-hybridized carbons (Fsp3) is 0.167. The molecule has 4 heteroatoms. The topological polar surface area (TPSA) is 46.9 Å². The zero-order chi connectivity index (χ0) is 19.9. The Labute approximate surface area is 166 Å². The third-order valence-electron chi connectivity index (χ3n) is 4.51. The quantitative estimate of drug-likeness (QED) is 0.467. The number of rotatable bonds is 8. The Morgan fingerprint density at radius 2 is 1.75 bits per heavy atom. The molecule has 0 unspecified atom stereocenters. The molecule has 142 valence electrons. The lowest BCUT2D eigenvalue weighted by molar-refractivity contribution is -0.117. The highest BCUT2D eigenvalue weighted by Gasteiger charge is 2.19. The molecule has 28 heavy (non-hydrogen) atoms. The van der Waals surface area contributed by atoms with Gasteiger partial charge >= 0.3 is 0 Å². The second-order valence-electron chi connectivity index (χ2n) is 6.72. The molecule has 3 aromatic rings. The summed E-state index contributed by atoms with van der Waals surface area (Å²) in [5, 5.41) is 2.97. The van der Waals surface area contributed by atoms with Crippen molar-refractivity contribution in [3.63, 3.8) is 0 Å². The molecule has 0 aliphatic heterocycles. The van der Waals surface area contributed by atoms with Crippen molar-refractivity contribution in [2.45, 2.75) is 26.4 Å². The zero-order valence-corrected chi connectivity index (χ0v) is 16.2. The molecule has 0 saturated heterocycles. The average Bonchev–Trinajstić information content (AvgIpc) is 3.05. The molecule has 0 aliphatic rings. The molecule has 0 saturated carbocycles. The van der Waals surface area contributed by atoms with E-state index in [2.05, 4.69) is 35.2 Å². The van der Waals surface area contributed by atoms with Crippen molar-refractivity contribution in [1.82, 2.24) is 14.9 Å². The van der Waals surface area contributed by atoms with E-state index in [0.717, 1.165) is 22.8 Å². The number of allylic oxidation sites excluding steroid dienone is 1. The highest BCUT2D eigenvalue weighted by Crippen LogP contribution is 2.26. The summed E-state index contributed by atoms with van der Waals surface area (Å²) in [6.45, 7) is 10.4. The van der Waals surface area contributed by atoms with Crippen molar-refractivity contribution in [3.05, 3.63) is 103 Å². The first-order valence-electron chi connectivity index (χ1n) is 9.32. The standard InChI is InChI=1S/C24H25N3O/c1-4-11-22-26-23(20-14-9-6-10-15-20)21(16-25-24(28)18(2)3)27(22)17-19-12-7-5-8-13-19/h4-10,12-15H,1-2,11,16-17H2,3H3,(H,25,28). The number of nitrogens with one attached hydrogen (secondary N) is 1. The second-order valence-corrected chi connectivity index (χ2v) is 6.72. The molecular weight excluding hydrogens is 346 g/mol. The summed E-state index contributed by atoms with van der Waals surface area (Å²) in [4.78, 5) is 17.0. The Morgan fingerprint density at radius 3 is 2.36 bits per heavy atom. The highest BCUT2D eigenvalue weighted by atomic mass is 16.1. The molecule has 0 spiro atoms. The Balaban J connectivity index is 2.07. The molecule has 0 atom stereocenters. The maximum absolute atomic E-state index is 12.1.